The molecule has 0 amide bonds. The molecule has 0 spiro atoms. The maximum atomic E-state index is 12.3. The Hall–Kier alpha value is -1.11. The summed E-state index contributed by atoms with van der Waals surface area (Å²) in [7, 11) is -3.66. The van der Waals surface area contributed by atoms with Crippen molar-refractivity contribution in [1.82, 2.24) is 4.98 Å². The normalized spacial score (nSPS) is 11.3. The van der Waals surface area contributed by atoms with Crippen molar-refractivity contribution in [2.45, 2.75) is 11.8 Å². The average Bonchev–Trinajstić information content (AvgIpc) is 2.31. The van der Waals surface area contributed by atoms with Gasteiger partial charge in [-0.1, -0.05) is 11.6 Å². The van der Waals surface area contributed by atoms with Crippen LogP contribution in [0.1, 0.15) is 5.56 Å². The number of aromatic nitrogens is 1. The number of anilines is 1. The highest BCUT2D eigenvalue weighted by atomic mass is 79.9. The number of hydrogen-bond donors (Lipinski definition) is 1. The summed E-state index contributed by atoms with van der Waals surface area (Å²) >= 11 is 9.01. The molecule has 2 aromatic rings. The van der Waals surface area contributed by atoms with Crippen LogP contribution in [0.15, 0.2) is 46.0 Å². The second-order valence-corrected chi connectivity index (χ2v) is 6.70. The van der Waals surface area contributed by atoms with E-state index in [-0.39, 0.29) is 4.90 Å². The molecule has 1 aromatic carbocycles. The molecule has 0 bridgehead atoms. The number of hydrogen-bond acceptors (Lipinski definition) is 3. The minimum Gasteiger partial charge on any atom is -0.277 e. The van der Waals surface area contributed by atoms with Gasteiger partial charge in [0.2, 0.25) is 0 Å². The highest BCUT2D eigenvalue weighted by Gasteiger charge is 2.18. The van der Waals surface area contributed by atoms with Crippen LogP contribution < -0.4 is 4.72 Å². The van der Waals surface area contributed by atoms with Gasteiger partial charge in [0, 0.05) is 11.2 Å². The predicted molar refractivity (Wildman–Crippen MR) is 78.9 cm³/mol. The molecule has 0 saturated heterocycles. The molecule has 2 rings (SSSR count). The van der Waals surface area contributed by atoms with E-state index in [0.29, 0.717) is 20.9 Å². The fourth-order valence-corrected chi connectivity index (χ4v) is 3.58. The largest absolute Gasteiger partial charge is 0.277 e. The third-order valence-electron chi connectivity index (χ3n) is 2.43. The van der Waals surface area contributed by atoms with Crippen LogP contribution in [0.4, 0.5) is 5.69 Å². The summed E-state index contributed by atoms with van der Waals surface area (Å²) in [5.41, 5.74) is 0.969. The molecule has 0 aliphatic carbocycles. The number of aryl methyl sites for hydroxylation is 1. The van der Waals surface area contributed by atoms with Crippen LogP contribution >= 0.6 is 27.5 Å². The van der Waals surface area contributed by atoms with Gasteiger partial charge < -0.3 is 0 Å². The number of rotatable bonds is 3. The highest BCUT2D eigenvalue weighted by molar-refractivity contribution is 9.10. The molecule has 4 nitrogen and oxygen atoms in total. The van der Waals surface area contributed by atoms with Crippen molar-refractivity contribution < 1.29 is 8.42 Å². The van der Waals surface area contributed by atoms with Crippen LogP contribution in [0.25, 0.3) is 0 Å². The van der Waals surface area contributed by atoms with Gasteiger partial charge >= 0.3 is 0 Å². The second kappa shape index (κ2) is 5.48. The number of benzene rings is 1. The molecule has 100 valence electrons. The first-order valence-corrected chi connectivity index (χ1v) is 7.95. The topological polar surface area (TPSA) is 59.1 Å². The molecule has 0 fully saturated rings. The minimum absolute atomic E-state index is 0.188. The molecule has 0 radical (unpaired) electrons. The van der Waals surface area contributed by atoms with E-state index < -0.39 is 10.0 Å². The molecule has 0 aliphatic rings. The van der Waals surface area contributed by atoms with E-state index in [9.17, 15) is 8.42 Å². The third kappa shape index (κ3) is 3.26. The first-order valence-electron chi connectivity index (χ1n) is 5.29. The van der Waals surface area contributed by atoms with Gasteiger partial charge in [0.25, 0.3) is 10.0 Å². The van der Waals surface area contributed by atoms with Crippen molar-refractivity contribution >= 4 is 43.2 Å². The van der Waals surface area contributed by atoms with Crippen molar-refractivity contribution in [3.05, 3.63) is 51.7 Å². The lowest BCUT2D eigenvalue weighted by Crippen LogP contribution is -2.14. The average molecular weight is 362 g/mol. The maximum absolute atomic E-state index is 12.3. The smallest absolute Gasteiger partial charge is 0.262 e. The Morgan fingerprint density at radius 3 is 2.68 bits per heavy atom. The zero-order valence-electron chi connectivity index (χ0n) is 9.89. The summed E-state index contributed by atoms with van der Waals surface area (Å²) in [6.07, 6.45) is 1.56. The van der Waals surface area contributed by atoms with Gasteiger partial charge in [-0.25, -0.2) is 13.4 Å². The SMILES string of the molecule is Cc1cc(Cl)ccc1S(=O)(=O)Nc1cccnc1Br. The number of nitrogens with one attached hydrogen (secondary N) is 1. The Balaban J connectivity index is 2.41. The van der Waals surface area contributed by atoms with Gasteiger partial charge in [0.15, 0.2) is 0 Å². The van der Waals surface area contributed by atoms with Gasteiger partial charge in [-0.05, 0) is 58.7 Å². The summed E-state index contributed by atoms with van der Waals surface area (Å²) in [4.78, 5) is 4.15. The third-order valence-corrected chi connectivity index (χ3v) is 4.82. The first-order chi connectivity index (χ1) is 8.90. The van der Waals surface area contributed by atoms with E-state index in [2.05, 4.69) is 25.6 Å². The minimum atomic E-state index is -3.66. The van der Waals surface area contributed by atoms with Crippen LogP contribution in [0.2, 0.25) is 5.02 Å². The summed E-state index contributed by atoms with van der Waals surface area (Å²) in [6, 6.07) is 7.90. The van der Waals surface area contributed by atoms with Crippen LogP contribution in [0, 0.1) is 6.92 Å². The zero-order valence-corrected chi connectivity index (χ0v) is 13.1. The van der Waals surface area contributed by atoms with E-state index in [1.807, 2.05) is 0 Å². The van der Waals surface area contributed by atoms with Crippen LogP contribution in [0.5, 0.6) is 0 Å². The number of pyridine rings is 1. The van der Waals surface area contributed by atoms with E-state index in [4.69, 9.17) is 11.6 Å². The molecule has 1 heterocycles. The predicted octanol–water partition coefficient (Wildman–Crippen LogP) is 3.61. The van der Waals surface area contributed by atoms with Gasteiger partial charge in [0.05, 0.1) is 10.6 Å². The molecule has 1 N–H and O–H groups in total. The van der Waals surface area contributed by atoms with Gasteiger partial charge in [0.1, 0.15) is 4.60 Å². The Kier molecular flexibility index (Phi) is 4.13. The molecule has 0 aliphatic heterocycles. The van der Waals surface area contributed by atoms with E-state index in [1.54, 1.807) is 37.4 Å². The summed E-state index contributed by atoms with van der Waals surface area (Å²) < 4.78 is 27.5. The van der Waals surface area contributed by atoms with Crippen molar-refractivity contribution in [3.63, 3.8) is 0 Å². The fraction of sp³-hybridized carbons (Fsp3) is 0.0833. The molecule has 0 unspecified atom stereocenters. The van der Waals surface area contributed by atoms with Crippen molar-refractivity contribution in [1.29, 1.82) is 0 Å². The highest BCUT2D eigenvalue weighted by Crippen LogP contribution is 2.25. The Morgan fingerprint density at radius 1 is 1.32 bits per heavy atom. The van der Waals surface area contributed by atoms with Crippen molar-refractivity contribution in [2.75, 3.05) is 4.72 Å². The van der Waals surface area contributed by atoms with Crippen LogP contribution in [-0.4, -0.2) is 13.4 Å². The maximum Gasteiger partial charge on any atom is 0.262 e. The van der Waals surface area contributed by atoms with Gasteiger partial charge in [-0.3, -0.25) is 4.72 Å². The van der Waals surface area contributed by atoms with E-state index in [1.165, 1.54) is 6.07 Å². The summed E-state index contributed by atoms with van der Waals surface area (Å²) in [6.45, 7) is 1.69. The van der Waals surface area contributed by atoms with E-state index >= 15 is 0 Å². The summed E-state index contributed by atoms with van der Waals surface area (Å²) in [5, 5.41) is 0.499. The first kappa shape index (κ1) is 14.3. The molecular formula is C12H10BrClN2O2S. The lowest BCUT2D eigenvalue weighted by atomic mass is 10.2. The van der Waals surface area contributed by atoms with Crippen molar-refractivity contribution in [2.24, 2.45) is 0 Å². The Morgan fingerprint density at radius 2 is 2.05 bits per heavy atom. The Labute approximate surface area is 125 Å². The Bertz CT molecular complexity index is 719. The van der Waals surface area contributed by atoms with Crippen molar-refractivity contribution in [3.8, 4) is 0 Å². The monoisotopic (exact) mass is 360 g/mol. The number of halogens is 2. The molecule has 0 saturated carbocycles. The van der Waals surface area contributed by atoms with Gasteiger partial charge in [-0.15, -0.1) is 0 Å². The standard InChI is InChI=1S/C12H10BrClN2O2S/c1-8-7-9(14)4-5-11(8)19(17,18)16-10-3-2-6-15-12(10)13/h2-7,16H,1H3. The second-order valence-electron chi connectivity index (χ2n) is 3.86. The molecular weight excluding hydrogens is 352 g/mol. The molecule has 19 heavy (non-hydrogen) atoms. The van der Waals surface area contributed by atoms with E-state index in [0.717, 1.165) is 0 Å². The number of sulfonamides is 1. The molecule has 7 heteroatoms. The van der Waals surface area contributed by atoms with Crippen LogP contribution in [0.3, 0.4) is 0 Å². The fourth-order valence-electron chi connectivity index (χ4n) is 1.58. The molecule has 0 atom stereocenters. The number of nitrogens with zero attached hydrogens (tertiary/aromatic N) is 1. The van der Waals surface area contributed by atoms with Gasteiger partial charge in [-0.2, -0.15) is 0 Å². The van der Waals surface area contributed by atoms with Crippen LogP contribution in [-0.2, 0) is 10.0 Å². The lowest BCUT2D eigenvalue weighted by molar-refractivity contribution is 0.600. The summed E-state index contributed by atoms with van der Waals surface area (Å²) in [5.74, 6) is 0. The zero-order chi connectivity index (χ0) is 14.0. The lowest BCUT2D eigenvalue weighted by Gasteiger charge is -2.11. The quantitative estimate of drug-likeness (QED) is 0.850. The molecule has 1 aromatic heterocycles.